The van der Waals surface area contributed by atoms with Crippen molar-refractivity contribution < 1.29 is 57.8 Å². The number of amides is 4. The Hall–Kier alpha value is -13.2. The lowest BCUT2D eigenvalue weighted by atomic mass is 9.89. The van der Waals surface area contributed by atoms with Crippen LogP contribution in [0.1, 0.15) is 161 Å². The highest BCUT2D eigenvalue weighted by atomic mass is 19.1. The van der Waals surface area contributed by atoms with Gasteiger partial charge in [-0.15, -0.1) is 0 Å². The van der Waals surface area contributed by atoms with E-state index in [0.29, 0.717) is 180 Å². The molecule has 0 bridgehead atoms. The van der Waals surface area contributed by atoms with E-state index in [-0.39, 0.29) is 53.8 Å². The summed E-state index contributed by atoms with van der Waals surface area (Å²) in [5.41, 5.74) is 5.52. The number of nitrogens with one attached hydrogen (secondary N) is 12. The highest BCUT2D eigenvalue weighted by Crippen LogP contribution is 2.34. The number of anilines is 13. The zero-order chi connectivity index (χ0) is 89.0. The third kappa shape index (κ3) is 20.9. The fourth-order valence-corrected chi connectivity index (χ4v) is 15.4. The second kappa shape index (κ2) is 40.2. The van der Waals surface area contributed by atoms with Gasteiger partial charge in [0.25, 0.3) is 23.6 Å². The van der Waals surface area contributed by atoms with Gasteiger partial charge in [-0.1, -0.05) is 38.1 Å². The number of carbonyl (C=O) groups is 4. The van der Waals surface area contributed by atoms with Crippen molar-refractivity contribution in [3.63, 3.8) is 0 Å². The predicted octanol–water partition coefficient (Wildman–Crippen LogP) is 8.25. The maximum absolute atomic E-state index is 13.2. The molecule has 12 aromatic heterocycles. The number of carbonyl (C=O) groups excluding carboxylic acids is 4. The van der Waals surface area contributed by atoms with Gasteiger partial charge >= 0.3 is 0 Å². The minimum absolute atomic E-state index is 0.0304. The topological polar surface area (TPSA) is 486 Å². The first-order valence-electron chi connectivity index (χ1n) is 43.4. The number of pyridine rings is 4. The Morgan fingerprint density at radius 3 is 1.06 bits per heavy atom. The van der Waals surface area contributed by atoms with E-state index >= 15 is 0 Å². The molecule has 7 fully saturated rings. The smallest absolute Gasteiger partial charge is 0.257 e. The second-order valence-corrected chi connectivity index (χ2v) is 33.1. The molecule has 4 saturated heterocycles. The molecule has 15 N–H and O–H groups in total. The van der Waals surface area contributed by atoms with Gasteiger partial charge in [-0.25, -0.2) is 44.3 Å². The number of aromatic nitrogens is 16. The van der Waals surface area contributed by atoms with Gasteiger partial charge in [0.2, 0.25) is 0 Å². The van der Waals surface area contributed by atoms with Crippen molar-refractivity contribution in [3.05, 3.63) is 161 Å². The molecule has 16 heterocycles. The summed E-state index contributed by atoms with van der Waals surface area (Å²) in [5, 5.41) is 82.8. The molecule has 3 saturated carbocycles. The van der Waals surface area contributed by atoms with Gasteiger partial charge < -0.3 is 103 Å². The minimum atomic E-state index is -0.978. The normalized spacial score (nSPS) is 20.7. The first-order chi connectivity index (χ1) is 62.3. The Morgan fingerprint density at radius 1 is 0.422 bits per heavy atom. The third-order valence-corrected chi connectivity index (χ3v) is 23.3. The monoisotopic (exact) mass is 1750 g/mol. The van der Waals surface area contributed by atoms with Gasteiger partial charge in [-0.2, -0.15) is 38.5 Å². The first-order valence-corrected chi connectivity index (χ1v) is 43.4. The van der Waals surface area contributed by atoms with E-state index in [1.807, 2.05) is 105 Å². The van der Waals surface area contributed by atoms with Crippen LogP contribution in [-0.2, 0) is 18.9 Å². The molecular weight excluding hydrogens is 1650 g/mol. The number of hydrogen-bond donors (Lipinski definition) is 15. The largest absolute Gasteiger partial charge is 0.396 e. The van der Waals surface area contributed by atoms with Crippen LogP contribution in [0.5, 0.6) is 0 Å². The molecule has 0 spiro atoms. The fourth-order valence-electron chi connectivity index (χ4n) is 15.4. The number of fused-ring (bicyclic) bond motifs is 4. The maximum Gasteiger partial charge on any atom is 0.257 e. The molecule has 40 nitrogen and oxygen atoms in total. The van der Waals surface area contributed by atoms with Crippen molar-refractivity contribution in [2.24, 2.45) is 5.41 Å². The Morgan fingerprint density at radius 2 is 0.758 bits per heavy atom. The number of hydrogen-bond acceptors (Lipinski definition) is 32. The molecule has 0 unspecified atom stereocenters. The van der Waals surface area contributed by atoms with Gasteiger partial charge in [0.1, 0.15) is 104 Å². The summed E-state index contributed by atoms with van der Waals surface area (Å²) in [6.45, 7) is 11.5. The minimum Gasteiger partial charge on any atom is -0.396 e. The number of ether oxygens (including phenoxy) is 4. The van der Waals surface area contributed by atoms with Gasteiger partial charge in [0, 0.05) is 145 Å². The number of nitrogens with zero attached hydrogens (tertiary/aromatic N) is 17. The van der Waals surface area contributed by atoms with Crippen LogP contribution >= 0.6 is 0 Å². The average molecular weight is 1760 g/mol. The summed E-state index contributed by atoms with van der Waals surface area (Å²) in [6, 6.07) is 29.7. The van der Waals surface area contributed by atoms with Crippen LogP contribution in [0.4, 0.5) is 80.0 Å². The number of aliphatic hydroxyl groups excluding tert-OH is 3. The lowest BCUT2D eigenvalue weighted by Gasteiger charge is -2.32. The molecule has 41 heteroatoms. The number of alkyl halides is 1. The van der Waals surface area contributed by atoms with Crippen molar-refractivity contribution in [1.29, 1.82) is 0 Å². The molecule has 0 aromatic carbocycles. The van der Waals surface area contributed by atoms with Crippen molar-refractivity contribution in [2.75, 3.05) is 155 Å². The van der Waals surface area contributed by atoms with Gasteiger partial charge in [-0.05, 0) is 113 Å². The van der Waals surface area contributed by atoms with E-state index in [4.69, 9.17) is 33.9 Å². The van der Waals surface area contributed by atoms with E-state index in [1.54, 1.807) is 47.8 Å². The van der Waals surface area contributed by atoms with Crippen LogP contribution in [0.25, 0.3) is 22.6 Å². The summed E-state index contributed by atoms with van der Waals surface area (Å²) in [5.74, 6) is 7.92. The lowest BCUT2D eigenvalue weighted by Crippen LogP contribution is -2.50. The fraction of sp³-hybridized carbons (Fsp3) is 0.448. The summed E-state index contributed by atoms with van der Waals surface area (Å²) in [6.07, 6.45) is 13.6. The standard InChI is InChI=1S/C23H31N7O3.2C22H27N7O3.C20H23FN8O2/c1-23(2,14-31)13-25-22(32)16-11-26-30-20(24-3)10-19(29-21(16)30)28-18-8-4-7-17(27-18)15-6-5-9-33-12-15;2*1-23-20-10-19(27-18-6-2-5-15(25-18)13-4-3-9-32-12-13)28-21-14(11-24-29(20)21)22(31)26-16-7-8-17(16)30;1-22-18-10-16(25-15-3-2-4-17(26-15)28-5-7-31-8-6-28)27-19-12(11-23-29(18)19)20(30)24-14-9-13(14)21/h4,7-8,10-11,15,24,31H,5-6,9,12-14H2,1-3H3,(H,25,32)(H,27,28,29);2*2,5-6,10-11,13,16-17,23,30H,3-4,7-9,12H2,1H3,(H,26,31)(H,25,27,28);2-4,10-11,13-14,22H,5-9H2,1H3,(H,24,30)(H,25,26,27)/t15-;13-,16+,17+;13-,16-,17-;13-,14+/m1101/s1. The first kappa shape index (κ1) is 88.3. The number of rotatable bonds is 26. The van der Waals surface area contributed by atoms with E-state index in [9.17, 15) is 38.9 Å². The van der Waals surface area contributed by atoms with Crippen LogP contribution < -0.4 is 68.7 Å². The molecule has 4 aliphatic heterocycles. The molecule has 7 aliphatic rings. The SMILES string of the molecule is CNc1cc(Nc2cccc(N3CCOCC3)n2)nc2c(C(=O)N[C@H]3C[C@H]3F)cnn12.CNc1cc(Nc2cccc([C@@H]3CCCOC3)n2)nc2c(C(=O)NCC(C)(C)CO)cnn12.CNc1cc(Nc2cccc([C@@H]3CCCOC3)n2)nc2c(C(=O)N[C@H]3CC[C@@H]3O)cnn12.CNc1cc(Nc2cccc([C@H]3CCCOC3)n2)nc2c(C(=O)N[C@H]3CC[C@@H]3O)cnn12. The van der Waals surface area contributed by atoms with E-state index in [1.165, 1.54) is 29.3 Å². The van der Waals surface area contributed by atoms with Gasteiger partial charge in [0.15, 0.2) is 22.6 Å². The van der Waals surface area contributed by atoms with Crippen molar-refractivity contribution in [2.45, 2.75) is 139 Å². The second-order valence-electron chi connectivity index (χ2n) is 33.1. The molecule has 9 atom stereocenters. The van der Waals surface area contributed by atoms with Crippen LogP contribution in [0, 0.1) is 5.41 Å². The van der Waals surface area contributed by atoms with E-state index in [2.05, 4.69) is 114 Å². The average Bonchev–Trinajstić information content (AvgIpc) is 1.64. The molecule has 3 aliphatic carbocycles. The predicted molar refractivity (Wildman–Crippen MR) is 479 cm³/mol. The van der Waals surface area contributed by atoms with Crippen LogP contribution in [-0.4, -0.2) is 261 Å². The molecule has 19 rings (SSSR count). The highest BCUT2D eigenvalue weighted by Gasteiger charge is 2.40. The Bertz CT molecular complexity index is 5730. The molecule has 674 valence electrons. The summed E-state index contributed by atoms with van der Waals surface area (Å²) in [4.78, 5) is 90.5. The zero-order valence-corrected chi connectivity index (χ0v) is 72.1. The third-order valence-electron chi connectivity index (χ3n) is 23.3. The van der Waals surface area contributed by atoms with E-state index < -0.39 is 29.8 Å². The summed E-state index contributed by atoms with van der Waals surface area (Å²) < 4.78 is 41.7. The summed E-state index contributed by atoms with van der Waals surface area (Å²) >= 11 is 0. The Labute approximate surface area is 735 Å². The van der Waals surface area contributed by atoms with Crippen molar-refractivity contribution in [1.82, 2.24) is 99.6 Å². The number of aliphatic hydroxyl groups is 3. The number of halogens is 1. The van der Waals surface area contributed by atoms with Crippen LogP contribution in [0.2, 0.25) is 0 Å². The van der Waals surface area contributed by atoms with E-state index in [0.717, 1.165) is 107 Å². The van der Waals surface area contributed by atoms with Crippen molar-refractivity contribution in [3.8, 4) is 0 Å². The number of morpholine rings is 1. The summed E-state index contributed by atoms with van der Waals surface area (Å²) in [7, 11) is 7.11. The highest BCUT2D eigenvalue weighted by molar-refractivity contribution is 6.02. The molecule has 128 heavy (non-hydrogen) atoms. The zero-order valence-electron chi connectivity index (χ0n) is 72.1. The Balaban J connectivity index is 0.000000125. The molecule has 4 amide bonds. The van der Waals surface area contributed by atoms with Gasteiger partial charge in [-0.3, -0.25) is 19.2 Å². The van der Waals surface area contributed by atoms with Crippen LogP contribution in [0.15, 0.2) is 122 Å². The van der Waals surface area contributed by atoms with Gasteiger partial charge in [0.05, 0.1) is 88.2 Å². The molecule has 0 radical (unpaired) electrons. The van der Waals surface area contributed by atoms with Crippen LogP contribution in [0.3, 0.4) is 0 Å². The lowest BCUT2D eigenvalue weighted by molar-refractivity contribution is 0.0448. The maximum atomic E-state index is 13.2. The quantitative estimate of drug-likeness (QED) is 0.0242. The molecule has 12 aromatic rings. The van der Waals surface area contributed by atoms with Crippen molar-refractivity contribution >= 4 is 122 Å². The Kier molecular flexibility index (Phi) is 27.7. The molecular formula is C87H108FN29O11.